The molecule has 0 radical (unpaired) electrons. The van der Waals surface area contributed by atoms with Gasteiger partial charge in [-0.15, -0.1) is 0 Å². The van der Waals surface area contributed by atoms with Crippen molar-refractivity contribution in [1.82, 2.24) is 0 Å². The van der Waals surface area contributed by atoms with Crippen molar-refractivity contribution in [2.75, 3.05) is 7.11 Å². The predicted molar refractivity (Wildman–Crippen MR) is 50.8 cm³/mol. The lowest BCUT2D eigenvalue weighted by molar-refractivity contribution is 0.302. The fourth-order valence-electron chi connectivity index (χ4n) is 1.71. The summed E-state index contributed by atoms with van der Waals surface area (Å²) in [5, 5.41) is 8.72. The molecule has 0 bridgehead atoms. The minimum absolute atomic E-state index is 0.319. The van der Waals surface area contributed by atoms with Gasteiger partial charge in [0.05, 0.1) is 18.7 Å². The number of hydrogen-bond acceptors (Lipinski definition) is 3. The van der Waals surface area contributed by atoms with Gasteiger partial charge in [0.25, 0.3) is 0 Å². The van der Waals surface area contributed by atoms with Crippen LogP contribution in [0.2, 0.25) is 0 Å². The molecular formula is C11H10FNO2. The minimum atomic E-state index is -0.870. The van der Waals surface area contributed by atoms with Gasteiger partial charge < -0.3 is 9.47 Å². The van der Waals surface area contributed by atoms with Gasteiger partial charge in [-0.2, -0.15) is 5.26 Å². The monoisotopic (exact) mass is 207 g/mol. The standard InChI is InChI=1S/C11H10FNO2/c1-11(9(6-13)15-11)10-7(12)4-3-5-8(10)14-2/h3-5,9H,1-2H3. The summed E-state index contributed by atoms with van der Waals surface area (Å²) in [5.41, 5.74) is -0.551. The molecule has 1 aromatic carbocycles. The van der Waals surface area contributed by atoms with E-state index in [-0.39, 0.29) is 0 Å². The lowest BCUT2D eigenvalue weighted by Gasteiger charge is -2.12. The first kappa shape index (κ1) is 9.94. The zero-order chi connectivity index (χ0) is 11.1. The van der Waals surface area contributed by atoms with Gasteiger partial charge in [0.2, 0.25) is 0 Å². The summed E-state index contributed by atoms with van der Waals surface area (Å²) in [4.78, 5) is 0. The molecular weight excluding hydrogens is 197 g/mol. The minimum Gasteiger partial charge on any atom is -0.496 e. The van der Waals surface area contributed by atoms with Crippen LogP contribution >= 0.6 is 0 Å². The molecule has 0 N–H and O–H groups in total. The van der Waals surface area contributed by atoms with E-state index < -0.39 is 17.5 Å². The number of nitriles is 1. The third-order valence-electron chi connectivity index (χ3n) is 2.61. The number of rotatable bonds is 2. The van der Waals surface area contributed by atoms with Crippen LogP contribution in [0, 0.1) is 17.1 Å². The molecule has 2 rings (SSSR count). The summed E-state index contributed by atoms with van der Waals surface area (Å²) >= 11 is 0. The average molecular weight is 207 g/mol. The van der Waals surface area contributed by atoms with Crippen molar-refractivity contribution < 1.29 is 13.9 Å². The Labute approximate surface area is 87.0 Å². The highest BCUT2D eigenvalue weighted by molar-refractivity contribution is 5.44. The Bertz CT molecular complexity index is 441. The van der Waals surface area contributed by atoms with Crippen LogP contribution in [0.1, 0.15) is 12.5 Å². The van der Waals surface area contributed by atoms with Crippen molar-refractivity contribution >= 4 is 0 Å². The normalized spacial score (nSPS) is 28.3. The first-order chi connectivity index (χ1) is 7.13. The van der Waals surface area contributed by atoms with Crippen LogP contribution in [0.5, 0.6) is 5.75 Å². The molecule has 4 heteroatoms. The second-order valence-corrected chi connectivity index (χ2v) is 3.55. The molecule has 0 aliphatic carbocycles. The van der Waals surface area contributed by atoms with Gasteiger partial charge in [-0.3, -0.25) is 0 Å². The molecule has 1 fully saturated rings. The second-order valence-electron chi connectivity index (χ2n) is 3.55. The van der Waals surface area contributed by atoms with Gasteiger partial charge in [0, 0.05) is 0 Å². The lowest BCUT2D eigenvalue weighted by atomic mass is 9.96. The molecule has 3 nitrogen and oxygen atoms in total. The van der Waals surface area contributed by atoms with E-state index in [1.165, 1.54) is 13.2 Å². The van der Waals surface area contributed by atoms with Gasteiger partial charge in [-0.05, 0) is 19.1 Å². The molecule has 2 unspecified atom stereocenters. The maximum atomic E-state index is 13.6. The fraction of sp³-hybridized carbons (Fsp3) is 0.364. The van der Waals surface area contributed by atoms with Gasteiger partial charge in [0.15, 0.2) is 6.10 Å². The highest BCUT2D eigenvalue weighted by Crippen LogP contribution is 2.49. The summed E-state index contributed by atoms with van der Waals surface area (Å²) in [6, 6.07) is 6.51. The molecule has 1 saturated heterocycles. The molecule has 2 atom stereocenters. The number of epoxide rings is 1. The third kappa shape index (κ3) is 1.36. The first-order valence-electron chi connectivity index (χ1n) is 4.54. The Hall–Kier alpha value is -1.60. The predicted octanol–water partition coefficient (Wildman–Crippen LogP) is 1.97. The number of nitrogens with zero attached hydrogens (tertiary/aromatic N) is 1. The van der Waals surface area contributed by atoms with E-state index in [2.05, 4.69) is 0 Å². The summed E-state index contributed by atoms with van der Waals surface area (Å²) in [7, 11) is 1.46. The quantitative estimate of drug-likeness (QED) is 0.696. The largest absolute Gasteiger partial charge is 0.496 e. The molecule has 0 spiro atoms. The van der Waals surface area contributed by atoms with Crippen molar-refractivity contribution in [1.29, 1.82) is 5.26 Å². The number of halogens is 1. The topological polar surface area (TPSA) is 45.5 Å². The van der Waals surface area contributed by atoms with Gasteiger partial charge >= 0.3 is 0 Å². The fourth-order valence-corrected chi connectivity index (χ4v) is 1.71. The van der Waals surface area contributed by atoms with Gasteiger partial charge in [-0.1, -0.05) is 6.07 Å². The lowest BCUT2D eigenvalue weighted by Crippen LogP contribution is -2.11. The molecule has 1 aliphatic heterocycles. The number of ether oxygens (including phenoxy) is 2. The molecule has 15 heavy (non-hydrogen) atoms. The molecule has 0 amide bonds. The zero-order valence-corrected chi connectivity index (χ0v) is 8.45. The maximum Gasteiger partial charge on any atom is 0.178 e. The Morgan fingerprint density at radius 1 is 1.60 bits per heavy atom. The van der Waals surface area contributed by atoms with Crippen LogP contribution < -0.4 is 4.74 Å². The average Bonchev–Trinajstić information content (AvgIpc) is 2.90. The Morgan fingerprint density at radius 3 is 2.87 bits per heavy atom. The van der Waals surface area contributed by atoms with E-state index >= 15 is 0 Å². The summed E-state index contributed by atoms with van der Waals surface area (Å²) in [6.45, 7) is 1.68. The van der Waals surface area contributed by atoms with Crippen LogP contribution in [0.3, 0.4) is 0 Å². The van der Waals surface area contributed by atoms with E-state index in [9.17, 15) is 4.39 Å². The highest BCUT2D eigenvalue weighted by atomic mass is 19.1. The van der Waals surface area contributed by atoms with Crippen LogP contribution in [0.4, 0.5) is 4.39 Å². The van der Waals surface area contributed by atoms with Crippen molar-refractivity contribution in [3.05, 3.63) is 29.6 Å². The molecule has 1 aliphatic rings. The smallest absolute Gasteiger partial charge is 0.178 e. The van der Waals surface area contributed by atoms with Crippen molar-refractivity contribution in [3.8, 4) is 11.8 Å². The highest BCUT2D eigenvalue weighted by Gasteiger charge is 2.57. The summed E-state index contributed by atoms with van der Waals surface area (Å²) in [5.74, 6) is 0.00449. The van der Waals surface area contributed by atoms with E-state index in [1.54, 1.807) is 19.1 Å². The van der Waals surface area contributed by atoms with E-state index in [0.717, 1.165) is 0 Å². The first-order valence-corrected chi connectivity index (χ1v) is 4.54. The zero-order valence-electron chi connectivity index (χ0n) is 8.45. The second kappa shape index (κ2) is 3.21. The summed E-state index contributed by atoms with van der Waals surface area (Å²) in [6.07, 6.45) is -0.594. The third-order valence-corrected chi connectivity index (χ3v) is 2.61. The number of benzene rings is 1. The molecule has 0 saturated carbocycles. The number of methoxy groups -OCH3 is 1. The van der Waals surface area contributed by atoms with Crippen LogP contribution in [0.25, 0.3) is 0 Å². The Morgan fingerprint density at radius 2 is 2.33 bits per heavy atom. The van der Waals surface area contributed by atoms with Gasteiger partial charge in [-0.25, -0.2) is 4.39 Å². The van der Waals surface area contributed by atoms with Crippen LogP contribution in [-0.2, 0) is 10.3 Å². The number of hydrogen-bond donors (Lipinski definition) is 0. The molecule has 78 valence electrons. The van der Waals surface area contributed by atoms with Gasteiger partial charge in [0.1, 0.15) is 17.2 Å². The molecule has 0 aromatic heterocycles. The SMILES string of the molecule is COc1cccc(F)c1C1(C)OC1C#N. The van der Waals surface area contributed by atoms with E-state index in [0.29, 0.717) is 11.3 Å². The summed E-state index contributed by atoms with van der Waals surface area (Å²) < 4.78 is 23.9. The van der Waals surface area contributed by atoms with E-state index in [1.807, 2.05) is 6.07 Å². The van der Waals surface area contributed by atoms with E-state index in [4.69, 9.17) is 14.7 Å². The molecule has 1 heterocycles. The van der Waals surface area contributed by atoms with Crippen molar-refractivity contribution in [2.24, 2.45) is 0 Å². The Kier molecular flexibility index (Phi) is 2.13. The van der Waals surface area contributed by atoms with Crippen molar-refractivity contribution in [3.63, 3.8) is 0 Å². The maximum absolute atomic E-state index is 13.6. The molecule has 1 aromatic rings. The van der Waals surface area contributed by atoms with Crippen molar-refractivity contribution in [2.45, 2.75) is 18.6 Å². The Balaban J connectivity index is 2.49. The van der Waals surface area contributed by atoms with Crippen LogP contribution in [-0.4, -0.2) is 13.2 Å². The van der Waals surface area contributed by atoms with Crippen LogP contribution in [0.15, 0.2) is 18.2 Å².